The minimum atomic E-state index is -0.987. The maximum Gasteiger partial charge on any atom is 0.308 e. The molecule has 0 spiro atoms. The van der Waals surface area contributed by atoms with E-state index in [9.17, 15) is 14.0 Å². The summed E-state index contributed by atoms with van der Waals surface area (Å²) in [6, 6.07) is 5.32. The standard InChI is InChI=1S/C14H18FNO4/c1-10(14(18)19)9-16(6-7-20-2)13(17)11-4-3-5-12(15)8-11/h3-5,8,10H,6-7,9H2,1-2H3,(H,18,19). The summed E-state index contributed by atoms with van der Waals surface area (Å²) in [7, 11) is 1.49. The molecule has 1 N–H and O–H groups in total. The van der Waals surface area contributed by atoms with Crippen molar-refractivity contribution < 1.29 is 23.8 Å². The average Bonchev–Trinajstić information content (AvgIpc) is 2.42. The van der Waals surface area contributed by atoms with E-state index in [0.29, 0.717) is 0 Å². The molecule has 0 aliphatic heterocycles. The molecular weight excluding hydrogens is 265 g/mol. The minimum Gasteiger partial charge on any atom is -0.481 e. The zero-order chi connectivity index (χ0) is 15.1. The van der Waals surface area contributed by atoms with Gasteiger partial charge in [0.2, 0.25) is 0 Å². The molecule has 1 rings (SSSR count). The van der Waals surface area contributed by atoms with Gasteiger partial charge in [-0.25, -0.2) is 4.39 Å². The van der Waals surface area contributed by atoms with Crippen LogP contribution < -0.4 is 0 Å². The highest BCUT2D eigenvalue weighted by Gasteiger charge is 2.21. The Balaban J connectivity index is 2.86. The summed E-state index contributed by atoms with van der Waals surface area (Å²) in [5, 5.41) is 8.92. The van der Waals surface area contributed by atoms with Crippen LogP contribution in [-0.2, 0) is 9.53 Å². The molecule has 0 saturated carbocycles. The average molecular weight is 283 g/mol. The lowest BCUT2D eigenvalue weighted by atomic mass is 10.1. The fourth-order valence-corrected chi connectivity index (χ4v) is 1.69. The van der Waals surface area contributed by atoms with Crippen molar-refractivity contribution in [1.29, 1.82) is 0 Å². The van der Waals surface area contributed by atoms with E-state index in [4.69, 9.17) is 9.84 Å². The van der Waals surface area contributed by atoms with Gasteiger partial charge in [0.25, 0.3) is 5.91 Å². The first-order chi connectivity index (χ1) is 9.45. The van der Waals surface area contributed by atoms with Crippen molar-refractivity contribution in [2.75, 3.05) is 26.8 Å². The van der Waals surface area contributed by atoms with E-state index < -0.39 is 23.6 Å². The fourth-order valence-electron chi connectivity index (χ4n) is 1.69. The van der Waals surface area contributed by atoms with Gasteiger partial charge in [0.1, 0.15) is 5.82 Å². The van der Waals surface area contributed by atoms with Gasteiger partial charge in [0.05, 0.1) is 12.5 Å². The first-order valence-electron chi connectivity index (χ1n) is 6.22. The van der Waals surface area contributed by atoms with E-state index in [1.165, 1.54) is 37.1 Å². The van der Waals surface area contributed by atoms with E-state index in [-0.39, 0.29) is 25.3 Å². The Morgan fingerprint density at radius 2 is 2.15 bits per heavy atom. The van der Waals surface area contributed by atoms with Crippen LogP contribution in [0.15, 0.2) is 24.3 Å². The van der Waals surface area contributed by atoms with Gasteiger partial charge in [0, 0.05) is 25.8 Å². The third kappa shape index (κ3) is 4.62. The summed E-state index contributed by atoms with van der Waals surface area (Å²) < 4.78 is 18.1. The third-order valence-corrected chi connectivity index (χ3v) is 2.84. The van der Waals surface area contributed by atoms with Crippen molar-refractivity contribution in [2.45, 2.75) is 6.92 Å². The van der Waals surface area contributed by atoms with E-state index in [0.717, 1.165) is 6.07 Å². The van der Waals surface area contributed by atoms with Crippen LogP contribution in [0.4, 0.5) is 4.39 Å². The number of nitrogens with zero attached hydrogens (tertiary/aromatic N) is 1. The zero-order valence-electron chi connectivity index (χ0n) is 11.5. The normalized spacial score (nSPS) is 11.9. The second-order valence-corrected chi connectivity index (χ2v) is 4.49. The van der Waals surface area contributed by atoms with Crippen molar-refractivity contribution >= 4 is 11.9 Å². The predicted octanol–water partition coefficient (Wildman–Crippen LogP) is 1.63. The number of amides is 1. The topological polar surface area (TPSA) is 66.8 Å². The van der Waals surface area contributed by atoms with Crippen molar-refractivity contribution in [3.05, 3.63) is 35.6 Å². The number of methoxy groups -OCH3 is 1. The molecule has 110 valence electrons. The highest BCUT2D eigenvalue weighted by Crippen LogP contribution is 2.10. The Morgan fingerprint density at radius 1 is 1.45 bits per heavy atom. The summed E-state index contributed by atoms with van der Waals surface area (Å²) in [5.74, 6) is -2.60. The lowest BCUT2D eigenvalue weighted by Crippen LogP contribution is -2.39. The predicted molar refractivity (Wildman–Crippen MR) is 71.0 cm³/mol. The summed E-state index contributed by atoms with van der Waals surface area (Å²) in [5.41, 5.74) is 0.193. The first-order valence-corrected chi connectivity index (χ1v) is 6.22. The molecule has 1 unspecified atom stereocenters. The van der Waals surface area contributed by atoms with Crippen molar-refractivity contribution in [3.8, 4) is 0 Å². The highest BCUT2D eigenvalue weighted by molar-refractivity contribution is 5.94. The van der Waals surface area contributed by atoms with E-state index in [2.05, 4.69) is 0 Å². The quantitative estimate of drug-likeness (QED) is 0.826. The number of hydrogen-bond acceptors (Lipinski definition) is 3. The van der Waals surface area contributed by atoms with Gasteiger partial charge in [0.15, 0.2) is 0 Å². The van der Waals surface area contributed by atoms with Gasteiger partial charge in [-0.05, 0) is 18.2 Å². The van der Waals surface area contributed by atoms with Crippen molar-refractivity contribution in [1.82, 2.24) is 4.90 Å². The molecule has 0 saturated heterocycles. The molecule has 0 radical (unpaired) electrons. The number of carboxylic acid groups (broad SMARTS) is 1. The number of aliphatic carboxylic acids is 1. The number of carboxylic acids is 1. The molecule has 0 fully saturated rings. The first kappa shape index (κ1) is 16.1. The maximum atomic E-state index is 13.1. The van der Waals surface area contributed by atoms with E-state index in [1.807, 2.05) is 0 Å². The van der Waals surface area contributed by atoms with Gasteiger partial charge in [-0.1, -0.05) is 13.0 Å². The molecule has 0 aliphatic rings. The fraction of sp³-hybridized carbons (Fsp3) is 0.429. The van der Waals surface area contributed by atoms with Crippen LogP contribution in [0.25, 0.3) is 0 Å². The van der Waals surface area contributed by atoms with Crippen LogP contribution in [0.2, 0.25) is 0 Å². The lowest BCUT2D eigenvalue weighted by Gasteiger charge is -2.24. The number of carbonyl (C=O) groups is 2. The molecule has 0 aliphatic carbocycles. The Bertz CT molecular complexity index is 478. The van der Waals surface area contributed by atoms with Crippen LogP contribution in [0, 0.1) is 11.7 Å². The number of halogens is 1. The van der Waals surface area contributed by atoms with E-state index in [1.54, 1.807) is 0 Å². The van der Waals surface area contributed by atoms with Gasteiger partial charge in [-0.3, -0.25) is 9.59 Å². The molecule has 5 nitrogen and oxygen atoms in total. The van der Waals surface area contributed by atoms with Gasteiger partial charge >= 0.3 is 5.97 Å². The van der Waals surface area contributed by atoms with Crippen LogP contribution in [0.3, 0.4) is 0 Å². The summed E-state index contributed by atoms with van der Waals surface area (Å²) in [6.45, 7) is 2.10. The SMILES string of the molecule is COCCN(CC(C)C(=O)O)C(=O)c1cccc(F)c1. The van der Waals surface area contributed by atoms with Gasteiger partial charge in [-0.15, -0.1) is 0 Å². The maximum absolute atomic E-state index is 13.1. The molecule has 1 atom stereocenters. The van der Waals surface area contributed by atoms with Crippen molar-refractivity contribution in [2.24, 2.45) is 5.92 Å². The molecule has 1 amide bonds. The summed E-state index contributed by atoms with van der Waals surface area (Å²) in [4.78, 5) is 24.5. The number of ether oxygens (including phenoxy) is 1. The molecule has 0 heterocycles. The molecule has 0 aromatic heterocycles. The zero-order valence-corrected chi connectivity index (χ0v) is 11.5. The monoisotopic (exact) mass is 283 g/mol. The molecular formula is C14H18FNO4. The Morgan fingerprint density at radius 3 is 2.70 bits per heavy atom. The minimum absolute atomic E-state index is 0.0496. The lowest BCUT2D eigenvalue weighted by molar-refractivity contribution is -0.141. The van der Waals surface area contributed by atoms with Crippen LogP contribution >= 0.6 is 0 Å². The highest BCUT2D eigenvalue weighted by atomic mass is 19.1. The molecule has 1 aromatic carbocycles. The smallest absolute Gasteiger partial charge is 0.308 e. The van der Waals surface area contributed by atoms with Crippen LogP contribution in [0.1, 0.15) is 17.3 Å². The Hall–Kier alpha value is -1.95. The molecule has 0 bridgehead atoms. The summed E-state index contributed by atoms with van der Waals surface area (Å²) in [6.07, 6.45) is 0. The Labute approximate surface area is 117 Å². The van der Waals surface area contributed by atoms with Crippen LogP contribution in [-0.4, -0.2) is 48.7 Å². The number of benzene rings is 1. The van der Waals surface area contributed by atoms with E-state index >= 15 is 0 Å². The number of hydrogen-bond donors (Lipinski definition) is 1. The third-order valence-electron chi connectivity index (χ3n) is 2.84. The van der Waals surface area contributed by atoms with Gasteiger partial charge < -0.3 is 14.7 Å². The number of carbonyl (C=O) groups excluding carboxylic acids is 1. The van der Waals surface area contributed by atoms with Gasteiger partial charge in [-0.2, -0.15) is 0 Å². The molecule has 1 aromatic rings. The second-order valence-electron chi connectivity index (χ2n) is 4.49. The number of rotatable bonds is 7. The van der Waals surface area contributed by atoms with Crippen molar-refractivity contribution in [3.63, 3.8) is 0 Å². The molecule has 20 heavy (non-hydrogen) atoms. The largest absolute Gasteiger partial charge is 0.481 e. The van der Waals surface area contributed by atoms with Crippen LogP contribution in [0.5, 0.6) is 0 Å². The Kier molecular flexibility index (Phi) is 6.11. The summed E-state index contributed by atoms with van der Waals surface area (Å²) >= 11 is 0. The molecule has 6 heteroatoms. The second kappa shape index (κ2) is 7.59.